The third kappa shape index (κ3) is 4.01. The molecule has 1 amide bonds. The summed E-state index contributed by atoms with van der Waals surface area (Å²) in [5, 5.41) is 3.88. The van der Waals surface area contributed by atoms with Gasteiger partial charge in [-0.25, -0.2) is 4.98 Å². The van der Waals surface area contributed by atoms with Gasteiger partial charge in [-0.3, -0.25) is 4.79 Å². The van der Waals surface area contributed by atoms with Gasteiger partial charge in [0.1, 0.15) is 5.01 Å². The molecule has 134 valence electrons. The Kier molecular flexibility index (Phi) is 5.45. The Labute approximate surface area is 185 Å². The minimum absolute atomic E-state index is 0.173. The van der Waals surface area contributed by atoms with E-state index in [2.05, 4.69) is 53.1 Å². The van der Waals surface area contributed by atoms with Crippen molar-refractivity contribution in [1.82, 2.24) is 4.98 Å². The predicted molar refractivity (Wildman–Crippen MR) is 123 cm³/mol. The van der Waals surface area contributed by atoms with Gasteiger partial charge >= 0.3 is 0 Å². The lowest BCUT2D eigenvalue weighted by atomic mass is 10.1. The van der Waals surface area contributed by atoms with Crippen molar-refractivity contribution in [2.24, 2.45) is 0 Å². The van der Waals surface area contributed by atoms with E-state index in [-0.39, 0.29) is 5.91 Å². The second-order valence-electron chi connectivity index (χ2n) is 5.76. The smallest absolute Gasteiger partial charge is 0.255 e. The first-order valence-corrected chi connectivity index (χ1v) is 11.1. The number of nitrogens with one attached hydrogen (secondary N) is 1. The Morgan fingerprint density at radius 1 is 0.926 bits per heavy atom. The maximum absolute atomic E-state index is 12.7. The lowest BCUT2D eigenvalue weighted by Crippen LogP contribution is -2.13. The summed E-state index contributed by atoms with van der Waals surface area (Å²) in [7, 11) is 0. The molecule has 0 unspecified atom stereocenters. The molecular formula is C20H11Br3N2OS. The molecular weight excluding hydrogens is 556 g/mol. The number of nitrogens with zero attached hydrogens (tertiary/aromatic N) is 1. The van der Waals surface area contributed by atoms with E-state index in [1.807, 2.05) is 48.5 Å². The number of amides is 1. The molecule has 0 fully saturated rings. The number of anilines is 1. The molecule has 4 aromatic rings. The number of carbonyl (C=O) groups is 1. The number of aromatic nitrogens is 1. The zero-order valence-corrected chi connectivity index (χ0v) is 19.2. The normalized spacial score (nSPS) is 10.9. The molecule has 0 saturated heterocycles. The van der Waals surface area contributed by atoms with Crippen LogP contribution in [0.4, 0.5) is 5.69 Å². The minimum atomic E-state index is -0.173. The number of carbonyl (C=O) groups excluding carboxylic acids is 1. The number of thiazole rings is 1. The number of benzene rings is 3. The van der Waals surface area contributed by atoms with Gasteiger partial charge in [-0.1, -0.05) is 44.0 Å². The van der Waals surface area contributed by atoms with E-state index in [0.717, 1.165) is 34.2 Å². The third-order valence-corrected chi connectivity index (χ3v) is 6.61. The Bertz CT molecular complexity index is 1120. The van der Waals surface area contributed by atoms with Crippen LogP contribution >= 0.6 is 59.1 Å². The van der Waals surface area contributed by atoms with Gasteiger partial charge in [0.05, 0.1) is 15.9 Å². The van der Waals surface area contributed by atoms with Crippen LogP contribution in [0.15, 0.2) is 74.1 Å². The fourth-order valence-electron chi connectivity index (χ4n) is 2.64. The fraction of sp³-hybridized carbons (Fsp3) is 0. The number of rotatable bonds is 3. The van der Waals surface area contributed by atoms with Crippen molar-refractivity contribution in [3.8, 4) is 10.6 Å². The summed E-state index contributed by atoms with van der Waals surface area (Å²) in [6, 6.07) is 19.1. The molecule has 0 aliphatic carbocycles. The monoisotopic (exact) mass is 564 g/mol. The van der Waals surface area contributed by atoms with Gasteiger partial charge in [0.25, 0.3) is 5.91 Å². The van der Waals surface area contributed by atoms with Crippen molar-refractivity contribution < 1.29 is 4.79 Å². The largest absolute Gasteiger partial charge is 0.320 e. The van der Waals surface area contributed by atoms with Crippen LogP contribution in [0.25, 0.3) is 20.8 Å². The van der Waals surface area contributed by atoms with Crippen LogP contribution in [0.2, 0.25) is 0 Å². The molecule has 7 heteroatoms. The average Bonchev–Trinajstić information content (AvgIpc) is 3.08. The lowest BCUT2D eigenvalue weighted by molar-refractivity contribution is 0.102. The van der Waals surface area contributed by atoms with Crippen LogP contribution in [0, 0.1) is 0 Å². The average molecular weight is 567 g/mol. The van der Waals surface area contributed by atoms with E-state index in [1.165, 1.54) is 0 Å². The van der Waals surface area contributed by atoms with Gasteiger partial charge in [-0.05, 0) is 64.5 Å². The zero-order valence-electron chi connectivity index (χ0n) is 13.7. The van der Waals surface area contributed by atoms with E-state index >= 15 is 0 Å². The highest BCUT2D eigenvalue weighted by Crippen LogP contribution is 2.40. The van der Waals surface area contributed by atoms with Crippen LogP contribution < -0.4 is 5.32 Å². The second-order valence-corrected chi connectivity index (χ2v) is 9.47. The fourth-order valence-corrected chi connectivity index (χ4v) is 5.22. The number of hydrogen-bond acceptors (Lipinski definition) is 3. The highest BCUT2D eigenvalue weighted by molar-refractivity contribution is 9.11. The number of halogens is 3. The molecule has 3 aromatic carbocycles. The molecule has 1 heterocycles. The molecule has 0 atom stereocenters. The Morgan fingerprint density at radius 3 is 2.41 bits per heavy atom. The van der Waals surface area contributed by atoms with Crippen molar-refractivity contribution in [3.05, 3.63) is 79.6 Å². The van der Waals surface area contributed by atoms with E-state index in [1.54, 1.807) is 23.5 Å². The molecule has 0 saturated carbocycles. The molecule has 0 spiro atoms. The number of para-hydroxylation sites is 1. The molecule has 4 rings (SSSR count). The third-order valence-electron chi connectivity index (χ3n) is 3.92. The van der Waals surface area contributed by atoms with E-state index < -0.39 is 0 Å². The zero-order chi connectivity index (χ0) is 19.0. The minimum Gasteiger partial charge on any atom is -0.320 e. The quantitative estimate of drug-likeness (QED) is 0.279. The van der Waals surface area contributed by atoms with Crippen LogP contribution in [-0.4, -0.2) is 10.9 Å². The number of hydrogen-bond donors (Lipinski definition) is 1. The molecule has 3 nitrogen and oxygen atoms in total. The van der Waals surface area contributed by atoms with Crippen molar-refractivity contribution in [2.45, 2.75) is 0 Å². The SMILES string of the molecule is O=C(Nc1c(Br)cc(Br)cc1-c1nc2ccccc2s1)c1ccc(Br)cc1. The first-order chi connectivity index (χ1) is 13.0. The van der Waals surface area contributed by atoms with E-state index in [9.17, 15) is 4.79 Å². The maximum atomic E-state index is 12.7. The van der Waals surface area contributed by atoms with Gasteiger partial charge in [0, 0.05) is 24.5 Å². The second kappa shape index (κ2) is 7.83. The standard InChI is InChI=1S/C20H11Br3N2OS/c21-12-7-5-11(6-8-12)19(26)25-18-14(9-13(22)10-15(18)23)20-24-16-3-1-2-4-17(16)27-20/h1-10H,(H,25,26). The molecule has 0 aliphatic rings. The van der Waals surface area contributed by atoms with Crippen molar-refractivity contribution >= 4 is 80.9 Å². The van der Waals surface area contributed by atoms with Gasteiger partial charge in [-0.15, -0.1) is 11.3 Å². The molecule has 1 N–H and O–H groups in total. The van der Waals surface area contributed by atoms with Gasteiger partial charge in [-0.2, -0.15) is 0 Å². The first kappa shape index (κ1) is 18.8. The van der Waals surface area contributed by atoms with Gasteiger partial charge < -0.3 is 5.32 Å². The summed E-state index contributed by atoms with van der Waals surface area (Å²) in [4.78, 5) is 17.5. The maximum Gasteiger partial charge on any atom is 0.255 e. The van der Waals surface area contributed by atoms with E-state index in [0.29, 0.717) is 11.3 Å². The summed E-state index contributed by atoms with van der Waals surface area (Å²) < 4.78 is 3.73. The van der Waals surface area contributed by atoms with Crippen LogP contribution in [0.5, 0.6) is 0 Å². The molecule has 0 bridgehead atoms. The van der Waals surface area contributed by atoms with Crippen molar-refractivity contribution in [3.63, 3.8) is 0 Å². The van der Waals surface area contributed by atoms with Crippen molar-refractivity contribution in [2.75, 3.05) is 5.32 Å². The first-order valence-electron chi connectivity index (χ1n) is 7.93. The summed E-state index contributed by atoms with van der Waals surface area (Å²) in [6.07, 6.45) is 0. The lowest BCUT2D eigenvalue weighted by Gasteiger charge is -2.13. The van der Waals surface area contributed by atoms with E-state index in [4.69, 9.17) is 4.98 Å². The molecule has 1 aromatic heterocycles. The van der Waals surface area contributed by atoms with Gasteiger partial charge in [0.15, 0.2) is 0 Å². The predicted octanol–water partition coefficient (Wildman–Crippen LogP) is 7.50. The summed E-state index contributed by atoms with van der Waals surface area (Å²) in [5.41, 5.74) is 3.09. The Balaban J connectivity index is 1.78. The van der Waals surface area contributed by atoms with Crippen molar-refractivity contribution in [1.29, 1.82) is 0 Å². The van der Waals surface area contributed by atoms with Crippen LogP contribution in [0.3, 0.4) is 0 Å². The molecule has 0 aliphatic heterocycles. The Hall–Kier alpha value is -1.54. The topological polar surface area (TPSA) is 42.0 Å². The summed E-state index contributed by atoms with van der Waals surface area (Å²) in [6.45, 7) is 0. The van der Waals surface area contributed by atoms with Gasteiger partial charge in [0.2, 0.25) is 0 Å². The molecule has 27 heavy (non-hydrogen) atoms. The highest BCUT2D eigenvalue weighted by atomic mass is 79.9. The van der Waals surface area contributed by atoms with Crippen LogP contribution in [0.1, 0.15) is 10.4 Å². The molecule has 0 radical (unpaired) electrons. The number of fused-ring (bicyclic) bond motifs is 1. The van der Waals surface area contributed by atoms with Crippen LogP contribution in [-0.2, 0) is 0 Å². The Morgan fingerprint density at radius 2 is 1.67 bits per heavy atom. The summed E-state index contributed by atoms with van der Waals surface area (Å²) >= 11 is 12.1. The summed E-state index contributed by atoms with van der Waals surface area (Å²) in [5.74, 6) is -0.173. The highest BCUT2D eigenvalue weighted by Gasteiger charge is 2.17.